The van der Waals surface area contributed by atoms with Crippen molar-refractivity contribution in [2.75, 3.05) is 45.0 Å². The maximum absolute atomic E-state index is 11.8. The summed E-state index contributed by atoms with van der Waals surface area (Å²) >= 11 is 7.53. The van der Waals surface area contributed by atoms with Crippen LogP contribution in [0.5, 0.6) is 0 Å². The lowest BCUT2D eigenvalue weighted by molar-refractivity contribution is -0.120. The van der Waals surface area contributed by atoms with Crippen molar-refractivity contribution in [3.8, 4) is 0 Å². The average molecular weight is 378 g/mol. The summed E-state index contributed by atoms with van der Waals surface area (Å²) in [5.74, 6) is 0.937. The maximum Gasteiger partial charge on any atom is 0.220 e. The number of carbonyl (C=O) groups excluding carboxylic acids is 1. The monoisotopic (exact) mass is 377 g/mol. The molecule has 1 aromatic carbocycles. The van der Waals surface area contributed by atoms with E-state index in [0.29, 0.717) is 6.42 Å². The molecule has 0 aromatic heterocycles. The number of rotatable bonds is 8. The van der Waals surface area contributed by atoms with E-state index < -0.39 is 0 Å². The second kappa shape index (κ2) is 12.0. The quantitative estimate of drug-likeness (QED) is 0.539. The molecule has 1 aromatic rings. The highest BCUT2D eigenvalue weighted by atomic mass is 35.5. The molecule has 7 heteroatoms. The van der Waals surface area contributed by atoms with Crippen LogP contribution in [-0.2, 0) is 4.79 Å². The van der Waals surface area contributed by atoms with E-state index in [0.717, 1.165) is 61.4 Å². The molecule has 130 valence electrons. The maximum atomic E-state index is 11.8. The predicted molar refractivity (Wildman–Crippen MR) is 101 cm³/mol. The lowest BCUT2D eigenvalue weighted by Gasteiger charge is -2.27. The third kappa shape index (κ3) is 8.82. The van der Waals surface area contributed by atoms with Gasteiger partial charge in [0.15, 0.2) is 0 Å². The minimum atomic E-state index is 0. The number of nitrogens with zero attached hydrogens (tertiary/aromatic N) is 1. The second-order valence-electron chi connectivity index (χ2n) is 5.35. The van der Waals surface area contributed by atoms with Crippen LogP contribution in [0.15, 0.2) is 29.2 Å². The van der Waals surface area contributed by atoms with Crippen LogP contribution in [-0.4, -0.2) is 55.8 Å². The van der Waals surface area contributed by atoms with Gasteiger partial charge in [0.05, 0.1) is 0 Å². The van der Waals surface area contributed by atoms with Gasteiger partial charge in [-0.05, 0) is 37.2 Å². The summed E-state index contributed by atoms with van der Waals surface area (Å²) in [6.45, 7) is 6.23. The molecular formula is C16H25Cl2N3OS. The van der Waals surface area contributed by atoms with Gasteiger partial charge in [-0.25, -0.2) is 0 Å². The molecule has 0 saturated carbocycles. The Bertz CT molecular complexity index is 453. The van der Waals surface area contributed by atoms with Gasteiger partial charge < -0.3 is 15.5 Å². The van der Waals surface area contributed by atoms with E-state index in [2.05, 4.69) is 15.5 Å². The summed E-state index contributed by atoms with van der Waals surface area (Å²) in [6, 6.07) is 7.72. The number of thioether (sulfide) groups is 1. The zero-order chi connectivity index (χ0) is 15.6. The van der Waals surface area contributed by atoms with Gasteiger partial charge in [-0.15, -0.1) is 24.2 Å². The van der Waals surface area contributed by atoms with Gasteiger partial charge in [-0.3, -0.25) is 4.79 Å². The Morgan fingerprint density at radius 1 is 1.26 bits per heavy atom. The lowest BCUT2D eigenvalue weighted by Crippen LogP contribution is -2.44. The molecule has 1 heterocycles. The van der Waals surface area contributed by atoms with Gasteiger partial charge in [0.1, 0.15) is 0 Å². The summed E-state index contributed by atoms with van der Waals surface area (Å²) < 4.78 is 0. The molecule has 1 fully saturated rings. The van der Waals surface area contributed by atoms with Gasteiger partial charge >= 0.3 is 0 Å². The first-order chi connectivity index (χ1) is 10.7. The van der Waals surface area contributed by atoms with Crippen LogP contribution in [0.1, 0.15) is 12.8 Å². The number of hydrogen-bond donors (Lipinski definition) is 2. The molecule has 0 aliphatic carbocycles. The van der Waals surface area contributed by atoms with Crippen LogP contribution in [0.4, 0.5) is 0 Å². The second-order valence-corrected chi connectivity index (χ2v) is 6.95. The molecule has 0 radical (unpaired) electrons. The Labute approximate surface area is 154 Å². The molecule has 0 atom stereocenters. The minimum Gasteiger partial charge on any atom is -0.356 e. The van der Waals surface area contributed by atoms with Crippen molar-refractivity contribution in [2.24, 2.45) is 0 Å². The van der Waals surface area contributed by atoms with Crippen molar-refractivity contribution < 1.29 is 4.79 Å². The number of benzene rings is 1. The summed E-state index contributed by atoms with van der Waals surface area (Å²) in [6.07, 6.45) is 1.58. The zero-order valence-corrected chi connectivity index (χ0v) is 15.6. The molecule has 1 amide bonds. The van der Waals surface area contributed by atoms with E-state index in [1.165, 1.54) is 0 Å². The highest BCUT2D eigenvalue weighted by Gasteiger charge is 2.08. The number of hydrogen-bond acceptors (Lipinski definition) is 4. The van der Waals surface area contributed by atoms with E-state index in [-0.39, 0.29) is 18.3 Å². The number of nitrogens with one attached hydrogen (secondary N) is 2. The normalized spacial score (nSPS) is 15.0. The summed E-state index contributed by atoms with van der Waals surface area (Å²) in [4.78, 5) is 15.4. The molecule has 2 N–H and O–H groups in total. The summed E-state index contributed by atoms with van der Waals surface area (Å²) in [7, 11) is 0. The van der Waals surface area contributed by atoms with Crippen LogP contribution >= 0.6 is 35.8 Å². The Morgan fingerprint density at radius 3 is 2.65 bits per heavy atom. The standard InChI is InChI=1S/C16H24ClN3OS.ClH/c17-14-2-4-15(5-3-14)22-13-6-16(21)19-7-1-10-20-11-8-18-9-12-20;/h2-5,18H,1,6-13H2,(H,19,21);1H. The van der Waals surface area contributed by atoms with Gasteiger partial charge in [0.25, 0.3) is 0 Å². The number of amides is 1. The van der Waals surface area contributed by atoms with Crippen LogP contribution in [0.25, 0.3) is 0 Å². The van der Waals surface area contributed by atoms with Gasteiger partial charge in [-0.1, -0.05) is 11.6 Å². The van der Waals surface area contributed by atoms with Crippen LogP contribution in [0.3, 0.4) is 0 Å². The zero-order valence-electron chi connectivity index (χ0n) is 13.2. The first kappa shape index (κ1) is 20.6. The molecule has 23 heavy (non-hydrogen) atoms. The Hall–Kier alpha value is -0.460. The fraction of sp³-hybridized carbons (Fsp3) is 0.562. The van der Waals surface area contributed by atoms with Crippen molar-refractivity contribution in [1.29, 1.82) is 0 Å². The Morgan fingerprint density at radius 2 is 1.96 bits per heavy atom. The first-order valence-electron chi connectivity index (χ1n) is 7.82. The molecule has 0 bridgehead atoms. The van der Waals surface area contributed by atoms with E-state index in [1.807, 2.05) is 24.3 Å². The summed E-state index contributed by atoms with van der Waals surface area (Å²) in [5, 5.41) is 7.09. The molecular weight excluding hydrogens is 353 g/mol. The molecule has 1 aliphatic heterocycles. The predicted octanol–water partition coefficient (Wildman–Crippen LogP) is 2.66. The van der Waals surface area contributed by atoms with Crippen molar-refractivity contribution in [3.05, 3.63) is 29.3 Å². The van der Waals surface area contributed by atoms with Crippen LogP contribution < -0.4 is 10.6 Å². The molecule has 0 unspecified atom stereocenters. The highest BCUT2D eigenvalue weighted by molar-refractivity contribution is 7.99. The van der Waals surface area contributed by atoms with E-state index in [1.54, 1.807) is 11.8 Å². The molecule has 2 rings (SSSR count). The average Bonchev–Trinajstić information content (AvgIpc) is 2.54. The lowest BCUT2D eigenvalue weighted by atomic mass is 10.3. The van der Waals surface area contributed by atoms with Crippen molar-refractivity contribution in [3.63, 3.8) is 0 Å². The van der Waals surface area contributed by atoms with Crippen LogP contribution in [0, 0.1) is 0 Å². The van der Waals surface area contributed by atoms with Gasteiger partial charge in [0.2, 0.25) is 5.91 Å². The fourth-order valence-corrected chi connectivity index (χ4v) is 3.32. The molecule has 0 spiro atoms. The van der Waals surface area contributed by atoms with Crippen molar-refractivity contribution >= 4 is 41.7 Å². The highest BCUT2D eigenvalue weighted by Crippen LogP contribution is 2.20. The van der Waals surface area contributed by atoms with Crippen molar-refractivity contribution in [1.82, 2.24) is 15.5 Å². The Balaban J connectivity index is 0.00000264. The molecule has 1 aliphatic rings. The van der Waals surface area contributed by atoms with E-state index in [9.17, 15) is 4.79 Å². The molecule has 1 saturated heterocycles. The smallest absolute Gasteiger partial charge is 0.220 e. The largest absolute Gasteiger partial charge is 0.356 e. The first-order valence-corrected chi connectivity index (χ1v) is 9.18. The van der Waals surface area contributed by atoms with E-state index in [4.69, 9.17) is 11.6 Å². The van der Waals surface area contributed by atoms with Gasteiger partial charge in [0, 0.05) is 54.8 Å². The Kier molecular flexibility index (Phi) is 10.7. The number of carbonyl (C=O) groups is 1. The number of halogens is 2. The van der Waals surface area contributed by atoms with Gasteiger partial charge in [-0.2, -0.15) is 0 Å². The van der Waals surface area contributed by atoms with Crippen LogP contribution in [0.2, 0.25) is 5.02 Å². The van der Waals surface area contributed by atoms with E-state index >= 15 is 0 Å². The SMILES string of the molecule is Cl.O=C(CCSc1ccc(Cl)cc1)NCCCN1CCNCC1. The minimum absolute atomic E-state index is 0. The summed E-state index contributed by atoms with van der Waals surface area (Å²) in [5.41, 5.74) is 0. The molecule has 4 nitrogen and oxygen atoms in total. The third-order valence-electron chi connectivity index (χ3n) is 3.59. The third-order valence-corrected chi connectivity index (χ3v) is 4.86. The van der Waals surface area contributed by atoms with Crippen molar-refractivity contribution in [2.45, 2.75) is 17.7 Å². The topological polar surface area (TPSA) is 44.4 Å². The fourth-order valence-electron chi connectivity index (χ4n) is 2.35. The number of piperazine rings is 1.